The minimum atomic E-state index is -4.21. The molecule has 1 aromatic rings. The van der Waals surface area contributed by atoms with Gasteiger partial charge in [-0.15, -0.1) is 0 Å². The highest BCUT2D eigenvalue weighted by atomic mass is 19.4. The first-order chi connectivity index (χ1) is 7.98. The van der Waals surface area contributed by atoms with Gasteiger partial charge in [0.15, 0.2) is 0 Å². The highest BCUT2D eigenvalue weighted by Crippen LogP contribution is 2.24. The second-order valence-corrected chi connectivity index (χ2v) is 3.71. The lowest BCUT2D eigenvalue weighted by Gasteiger charge is -2.30. The summed E-state index contributed by atoms with van der Waals surface area (Å²) >= 11 is 0. The second-order valence-electron chi connectivity index (χ2n) is 3.71. The Hall–Kier alpha value is -1.14. The van der Waals surface area contributed by atoms with E-state index >= 15 is 0 Å². The Bertz CT molecular complexity index is 326. The molecule has 0 amide bonds. The van der Waals surface area contributed by atoms with E-state index in [4.69, 9.17) is 5.73 Å². The fourth-order valence-corrected chi connectivity index (χ4v) is 1.75. The van der Waals surface area contributed by atoms with E-state index in [1.807, 2.05) is 0 Å². The molecule has 0 aliphatic heterocycles. The molecule has 0 saturated carbocycles. The molecule has 0 radical (unpaired) electrons. The largest absolute Gasteiger partial charge is 0.401 e. The number of aromatic nitrogens is 1. The summed E-state index contributed by atoms with van der Waals surface area (Å²) < 4.78 is 37.2. The number of nitrogens with two attached hydrogens (primary N) is 1. The predicted molar refractivity (Wildman–Crippen MR) is 59.3 cm³/mol. The maximum Gasteiger partial charge on any atom is 0.401 e. The fraction of sp³-hybridized carbons (Fsp3) is 0.545. The summed E-state index contributed by atoms with van der Waals surface area (Å²) in [6.45, 7) is 1.18. The molecule has 0 aliphatic rings. The molecule has 1 heterocycles. The number of likely N-dealkylation sites (N-methyl/N-ethyl adjacent to an activating group) is 1. The highest BCUT2D eigenvalue weighted by molar-refractivity contribution is 5.15. The molecule has 3 nitrogen and oxygen atoms in total. The van der Waals surface area contributed by atoms with Gasteiger partial charge in [-0.05, 0) is 24.2 Å². The van der Waals surface area contributed by atoms with E-state index in [0.29, 0.717) is 6.54 Å². The molecular formula is C11H16F3N3. The van der Waals surface area contributed by atoms with Crippen molar-refractivity contribution in [3.63, 3.8) is 0 Å². The van der Waals surface area contributed by atoms with Gasteiger partial charge in [0.05, 0.1) is 6.54 Å². The number of nitrogens with zero attached hydrogens (tertiary/aromatic N) is 2. The molecule has 96 valence electrons. The Kier molecular flexibility index (Phi) is 4.89. The van der Waals surface area contributed by atoms with Crippen LogP contribution in [0.1, 0.15) is 18.5 Å². The Balaban J connectivity index is 2.84. The normalized spacial score (nSPS) is 14.0. The lowest BCUT2D eigenvalue weighted by Crippen LogP contribution is -2.40. The van der Waals surface area contributed by atoms with Gasteiger partial charge in [-0.25, -0.2) is 0 Å². The first kappa shape index (κ1) is 13.9. The van der Waals surface area contributed by atoms with Crippen LogP contribution in [0.5, 0.6) is 0 Å². The van der Waals surface area contributed by atoms with Crippen LogP contribution in [0.15, 0.2) is 24.5 Å². The van der Waals surface area contributed by atoms with Gasteiger partial charge < -0.3 is 5.73 Å². The molecule has 0 saturated heterocycles. The zero-order chi connectivity index (χ0) is 12.9. The zero-order valence-corrected chi connectivity index (χ0v) is 9.61. The van der Waals surface area contributed by atoms with Crippen molar-refractivity contribution >= 4 is 0 Å². The van der Waals surface area contributed by atoms with Crippen molar-refractivity contribution in [3.8, 4) is 0 Å². The van der Waals surface area contributed by atoms with Gasteiger partial charge in [-0.3, -0.25) is 9.88 Å². The summed E-state index contributed by atoms with van der Waals surface area (Å²) in [7, 11) is 0. The van der Waals surface area contributed by atoms with Crippen LogP contribution in [0.4, 0.5) is 13.2 Å². The van der Waals surface area contributed by atoms with Crippen LogP contribution in [0.25, 0.3) is 0 Å². The summed E-state index contributed by atoms with van der Waals surface area (Å²) in [5, 5.41) is 0. The second kappa shape index (κ2) is 5.97. The average Bonchev–Trinajstić information content (AvgIpc) is 2.28. The van der Waals surface area contributed by atoms with Crippen LogP contribution < -0.4 is 5.73 Å². The highest BCUT2D eigenvalue weighted by Gasteiger charge is 2.33. The van der Waals surface area contributed by atoms with Gasteiger partial charge in [-0.2, -0.15) is 13.2 Å². The van der Waals surface area contributed by atoms with E-state index in [-0.39, 0.29) is 6.54 Å². The molecule has 0 aliphatic carbocycles. The molecule has 1 aromatic heterocycles. The maximum absolute atomic E-state index is 12.4. The van der Waals surface area contributed by atoms with Gasteiger partial charge >= 0.3 is 6.18 Å². The summed E-state index contributed by atoms with van der Waals surface area (Å²) in [5.41, 5.74) is 6.33. The number of hydrogen-bond acceptors (Lipinski definition) is 3. The third-order valence-corrected chi connectivity index (χ3v) is 2.54. The third kappa shape index (κ3) is 4.32. The smallest absolute Gasteiger partial charge is 0.329 e. The summed E-state index contributed by atoms with van der Waals surface area (Å²) in [4.78, 5) is 5.16. The van der Waals surface area contributed by atoms with Crippen LogP contribution >= 0.6 is 0 Å². The number of halogens is 3. The van der Waals surface area contributed by atoms with E-state index < -0.39 is 18.8 Å². The Labute approximate surface area is 98.4 Å². The van der Waals surface area contributed by atoms with E-state index in [0.717, 1.165) is 5.56 Å². The van der Waals surface area contributed by atoms with Crippen LogP contribution in [-0.2, 0) is 0 Å². The molecule has 2 N–H and O–H groups in total. The minimum Gasteiger partial charge on any atom is -0.329 e. The molecule has 0 spiro atoms. The van der Waals surface area contributed by atoms with Crippen LogP contribution in [0.2, 0.25) is 0 Å². The number of hydrogen-bond donors (Lipinski definition) is 1. The molecule has 0 aromatic carbocycles. The third-order valence-electron chi connectivity index (χ3n) is 2.54. The molecule has 17 heavy (non-hydrogen) atoms. The van der Waals surface area contributed by atoms with Crippen molar-refractivity contribution in [3.05, 3.63) is 30.1 Å². The van der Waals surface area contributed by atoms with E-state index in [9.17, 15) is 13.2 Å². The van der Waals surface area contributed by atoms with Crippen molar-refractivity contribution in [2.24, 2.45) is 5.73 Å². The topological polar surface area (TPSA) is 42.1 Å². The Morgan fingerprint density at radius 1 is 1.35 bits per heavy atom. The molecule has 0 bridgehead atoms. The first-order valence-corrected chi connectivity index (χ1v) is 5.38. The van der Waals surface area contributed by atoms with Gasteiger partial charge in [0.25, 0.3) is 0 Å². The van der Waals surface area contributed by atoms with Crippen molar-refractivity contribution in [1.29, 1.82) is 0 Å². The first-order valence-electron chi connectivity index (χ1n) is 5.38. The zero-order valence-electron chi connectivity index (χ0n) is 9.61. The fourth-order valence-electron chi connectivity index (χ4n) is 1.75. The SMILES string of the molecule is CCN(CC(F)(F)F)C(CN)c1ccncc1. The van der Waals surface area contributed by atoms with Crippen molar-refractivity contribution in [2.45, 2.75) is 19.1 Å². The number of rotatable bonds is 5. The van der Waals surface area contributed by atoms with E-state index in [1.54, 1.807) is 31.5 Å². The van der Waals surface area contributed by atoms with Crippen molar-refractivity contribution in [2.75, 3.05) is 19.6 Å². The predicted octanol–water partition coefficient (Wildman–Crippen LogP) is 1.97. The Morgan fingerprint density at radius 2 is 1.94 bits per heavy atom. The molecule has 1 rings (SSSR count). The van der Waals surface area contributed by atoms with E-state index in [2.05, 4.69) is 4.98 Å². The Morgan fingerprint density at radius 3 is 2.35 bits per heavy atom. The van der Waals surface area contributed by atoms with Gasteiger partial charge in [0, 0.05) is 25.0 Å². The van der Waals surface area contributed by atoms with Crippen molar-refractivity contribution < 1.29 is 13.2 Å². The lowest BCUT2D eigenvalue weighted by molar-refractivity contribution is -0.150. The molecular weight excluding hydrogens is 231 g/mol. The van der Waals surface area contributed by atoms with Crippen LogP contribution in [-0.4, -0.2) is 35.7 Å². The monoisotopic (exact) mass is 247 g/mol. The van der Waals surface area contributed by atoms with E-state index in [1.165, 1.54) is 4.90 Å². The molecule has 0 fully saturated rings. The standard InChI is InChI=1S/C11H16F3N3/c1-2-17(8-11(12,13)14)10(7-15)9-3-5-16-6-4-9/h3-6,10H,2,7-8,15H2,1H3. The van der Waals surface area contributed by atoms with Crippen LogP contribution in [0.3, 0.4) is 0 Å². The van der Waals surface area contributed by atoms with Crippen LogP contribution in [0, 0.1) is 0 Å². The summed E-state index contributed by atoms with van der Waals surface area (Å²) in [6.07, 6.45) is -1.10. The van der Waals surface area contributed by atoms with Gasteiger partial charge in [-0.1, -0.05) is 6.92 Å². The summed E-state index contributed by atoms with van der Waals surface area (Å²) in [6, 6.07) is 2.96. The molecule has 6 heteroatoms. The maximum atomic E-state index is 12.4. The quantitative estimate of drug-likeness (QED) is 0.865. The van der Waals surface area contributed by atoms with Crippen molar-refractivity contribution in [1.82, 2.24) is 9.88 Å². The number of pyridine rings is 1. The average molecular weight is 247 g/mol. The summed E-state index contributed by atoms with van der Waals surface area (Å²) in [5.74, 6) is 0. The number of alkyl halides is 3. The molecule has 1 unspecified atom stereocenters. The minimum absolute atomic E-state index is 0.147. The van der Waals surface area contributed by atoms with Gasteiger partial charge in [0.2, 0.25) is 0 Å². The lowest BCUT2D eigenvalue weighted by atomic mass is 10.1. The van der Waals surface area contributed by atoms with Gasteiger partial charge in [0.1, 0.15) is 0 Å². The molecule has 1 atom stereocenters.